The first kappa shape index (κ1) is 32.4. The second-order valence-electron chi connectivity index (χ2n) is 9.34. The summed E-state index contributed by atoms with van der Waals surface area (Å²) >= 11 is 12.2. The van der Waals surface area contributed by atoms with Crippen molar-refractivity contribution in [3.05, 3.63) is 123 Å². The highest BCUT2D eigenvalue weighted by atomic mass is 35.5. The molecule has 4 rings (SSSR count). The lowest BCUT2D eigenvalue weighted by molar-refractivity contribution is -0.289. The molecule has 0 amide bonds. The van der Waals surface area contributed by atoms with Crippen LogP contribution in [0.4, 0.5) is 40.8 Å². The van der Waals surface area contributed by atoms with Crippen molar-refractivity contribution in [2.45, 2.75) is 30.9 Å². The smallest absolute Gasteiger partial charge is 0.456 e. The molecule has 0 fully saturated rings. The van der Waals surface area contributed by atoms with Crippen LogP contribution in [0.15, 0.2) is 91.0 Å². The largest absolute Gasteiger partial charge is 0.458 e. The van der Waals surface area contributed by atoms with Crippen LogP contribution in [0.25, 0.3) is 0 Å². The highest BCUT2D eigenvalue weighted by Crippen LogP contribution is 2.45. The lowest BCUT2D eigenvalue weighted by Crippen LogP contribution is -2.34. The number of anilines is 1. The molecule has 0 aliphatic rings. The Morgan fingerprint density at radius 3 is 2.12 bits per heavy atom. The minimum Gasteiger partial charge on any atom is -0.456 e. The fraction of sp³-hybridized carbons (Fsp3) is 0.200. The molecule has 43 heavy (non-hydrogen) atoms. The molecule has 0 saturated carbocycles. The van der Waals surface area contributed by atoms with Crippen LogP contribution in [0.5, 0.6) is 11.5 Å². The maximum Gasteiger partial charge on any atom is 0.458 e. The van der Waals surface area contributed by atoms with Gasteiger partial charge in [0, 0.05) is 23.9 Å². The van der Waals surface area contributed by atoms with E-state index in [-0.39, 0.29) is 38.4 Å². The third-order valence-electron chi connectivity index (χ3n) is 6.47. The van der Waals surface area contributed by atoms with Gasteiger partial charge in [-0.3, -0.25) is 0 Å². The third-order valence-corrected chi connectivity index (χ3v) is 7.27. The van der Waals surface area contributed by atoms with Gasteiger partial charge >= 0.3 is 18.3 Å². The van der Waals surface area contributed by atoms with Gasteiger partial charge in [-0.25, -0.2) is 0 Å². The van der Waals surface area contributed by atoms with Crippen LogP contribution in [0.2, 0.25) is 10.0 Å². The van der Waals surface area contributed by atoms with Crippen LogP contribution in [-0.2, 0) is 18.6 Å². The number of benzene rings is 4. The van der Waals surface area contributed by atoms with Gasteiger partial charge in [0.15, 0.2) is 0 Å². The topological polar surface area (TPSA) is 32.7 Å². The van der Waals surface area contributed by atoms with Gasteiger partial charge in [0.1, 0.15) is 16.5 Å². The van der Waals surface area contributed by atoms with E-state index in [0.717, 1.165) is 24.3 Å². The number of aliphatic hydroxyl groups is 1. The summed E-state index contributed by atoms with van der Waals surface area (Å²) in [5, 5.41) is 10.7. The van der Waals surface area contributed by atoms with Crippen molar-refractivity contribution in [2.75, 3.05) is 11.5 Å². The SMILES string of the molecule is OCC(c1ccccc1C(F)(F)F)N(Cc1cccc(C(F)(F)C(F)(F)F)c1)c1cccc(Oc2cccc(Cl)c2Cl)c1. The molecule has 0 saturated heterocycles. The first-order chi connectivity index (χ1) is 20.1. The summed E-state index contributed by atoms with van der Waals surface area (Å²) in [6.07, 6.45) is -10.7. The molecule has 13 heteroatoms. The van der Waals surface area contributed by atoms with E-state index in [9.17, 15) is 40.2 Å². The van der Waals surface area contributed by atoms with Gasteiger partial charge in [-0.05, 0) is 47.5 Å². The fourth-order valence-electron chi connectivity index (χ4n) is 4.43. The van der Waals surface area contributed by atoms with Crippen LogP contribution in [0, 0.1) is 0 Å². The molecule has 0 aliphatic heterocycles. The minimum absolute atomic E-state index is 0.0844. The van der Waals surface area contributed by atoms with Crippen molar-refractivity contribution in [2.24, 2.45) is 0 Å². The predicted molar refractivity (Wildman–Crippen MR) is 147 cm³/mol. The van der Waals surface area contributed by atoms with Crippen LogP contribution < -0.4 is 9.64 Å². The van der Waals surface area contributed by atoms with Gasteiger partial charge in [-0.15, -0.1) is 0 Å². The van der Waals surface area contributed by atoms with Crippen molar-refractivity contribution in [1.82, 2.24) is 0 Å². The van der Waals surface area contributed by atoms with E-state index in [0.29, 0.717) is 12.1 Å². The summed E-state index contributed by atoms with van der Waals surface area (Å²) in [6, 6.07) is 16.9. The molecule has 4 aromatic carbocycles. The van der Waals surface area contributed by atoms with Gasteiger partial charge in [0.05, 0.1) is 23.2 Å². The van der Waals surface area contributed by atoms with E-state index < -0.39 is 48.6 Å². The second kappa shape index (κ2) is 12.6. The number of ether oxygens (including phenoxy) is 1. The summed E-state index contributed by atoms with van der Waals surface area (Å²) in [5.41, 5.74) is -2.69. The van der Waals surface area contributed by atoms with Crippen molar-refractivity contribution in [3.8, 4) is 11.5 Å². The summed E-state index contributed by atoms with van der Waals surface area (Å²) in [4.78, 5) is 1.25. The molecule has 0 aromatic heterocycles. The zero-order valence-corrected chi connectivity index (χ0v) is 23.2. The molecule has 1 unspecified atom stereocenters. The number of hydrogen-bond donors (Lipinski definition) is 1. The molecule has 0 aliphatic carbocycles. The minimum atomic E-state index is -5.88. The number of nitrogens with zero attached hydrogens (tertiary/aromatic N) is 1. The van der Waals surface area contributed by atoms with Gasteiger partial charge < -0.3 is 14.7 Å². The second-order valence-corrected chi connectivity index (χ2v) is 10.1. The van der Waals surface area contributed by atoms with E-state index >= 15 is 0 Å². The molecule has 228 valence electrons. The normalized spacial score (nSPS) is 13.1. The number of hydrogen-bond acceptors (Lipinski definition) is 3. The molecular weight excluding hydrogens is 629 g/mol. The summed E-state index contributed by atoms with van der Waals surface area (Å²) < 4.78 is 115. The average Bonchev–Trinajstić information content (AvgIpc) is 2.95. The Kier molecular flexibility index (Phi) is 9.48. The number of rotatable bonds is 9. The molecule has 0 bridgehead atoms. The van der Waals surface area contributed by atoms with Crippen molar-refractivity contribution in [3.63, 3.8) is 0 Å². The van der Waals surface area contributed by atoms with E-state index in [1.54, 1.807) is 6.07 Å². The molecule has 1 atom stereocenters. The maximum atomic E-state index is 14.2. The Hall–Kier alpha value is -3.54. The lowest BCUT2D eigenvalue weighted by atomic mass is 9.97. The number of aliphatic hydroxyl groups excluding tert-OH is 1. The molecule has 0 heterocycles. The highest BCUT2D eigenvalue weighted by molar-refractivity contribution is 6.42. The van der Waals surface area contributed by atoms with Gasteiger partial charge in [0.2, 0.25) is 0 Å². The van der Waals surface area contributed by atoms with Crippen LogP contribution in [0.3, 0.4) is 0 Å². The zero-order chi connectivity index (χ0) is 31.6. The quantitative estimate of drug-likeness (QED) is 0.183. The van der Waals surface area contributed by atoms with Crippen LogP contribution in [-0.4, -0.2) is 17.9 Å². The number of halogens is 10. The monoisotopic (exact) mass is 649 g/mol. The summed E-state index contributed by atoms with van der Waals surface area (Å²) in [6.45, 7) is -1.35. The van der Waals surface area contributed by atoms with E-state index in [2.05, 4.69) is 0 Å². The Morgan fingerprint density at radius 2 is 1.44 bits per heavy atom. The molecule has 0 radical (unpaired) electrons. The predicted octanol–water partition coefficient (Wildman–Crippen LogP) is 10.2. The zero-order valence-electron chi connectivity index (χ0n) is 21.7. The fourth-order valence-corrected chi connectivity index (χ4v) is 4.76. The molecule has 0 spiro atoms. The molecule has 4 aromatic rings. The Morgan fingerprint density at radius 1 is 0.767 bits per heavy atom. The highest BCUT2D eigenvalue weighted by Gasteiger charge is 2.58. The first-order valence-electron chi connectivity index (χ1n) is 12.4. The van der Waals surface area contributed by atoms with Crippen LogP contribution in [0.1, 0.15) is 28.3 Å². The van der Waals surface area contributed by atoms with Gasteiger partial charge in [-0.1, -0.05) is 71.7 Å². The van der Waals surface area contributed by atoms with Crippen molar-refractivity contribution in [1.29, 1.82) is 0 Å². The van der Waals surface area contributed by atoms with Gasteiger partial charge in [-0.2, -0.15) is 35.1 Å². The first-order valence-corrected chi connectivity index (χ1v) is 13.2. The lowest BCUT2D eigenvalue weighted by Gasteiger charge is -2.35. The summed E-state index contributed by atoms with van der Waals surface area (Å²) in [5.74, 6) is -4.89. The average molecular weight is 650 g/mol. The van der Waals surface area contributed by atoms with Gasteiger partial charge in [0.25, 0.3) is 0 Å². The van der Waals surface area contributed by atoms with Crippen molar-refractivity contribution < 1.29 is 45.0 Å². The van der Waals surface area contributed by atoms with E-state index in [4.69, 9.17) is 27.9 Å². The third kappa shape index (κ3) is 7.17. The Balaban J connectivity index is 1.83. The summed E-state index contributed by atoms with van der Waals surface area (Å²) in [7, 11) is 0. The maximum absolute atomic E-state index is 14.2. The molecule has 3 nitrogen and oxygen atoms in total. The standard InChI is InChI=1S/C30H21Cl2F8NO2/c31-24-12-5-13-26(27(24)32)43-21-9-4-8-20(15-21)41(25(17-42)22-10-1-2-11-23(22)29(35,36)37)16-18-6-3-7-19(14-18)28(33,34)30(38,39)40/h1-15,25,42H,16-17H2. The Labute approximate surface area is 250 Å². The van der Waals surface area contributed by atoms with Crippen LogP contribution >= 0.6 is 23.2 Å². The molecule has 1 N–H and O–H groups in total. The Bertz CT molecular complexity index is 1580. The number of alkyl halides is 8. The van der Waals surface area contributed by atoms with E-state index in [1.807, 2.05) is 0 Å². The van der Waals surface area contributed by atoms with Crippen molar-refractivity contribution >= 4 is 28.9 Å². The van der Waals surface area contributed by atoms with E-state index in [1.165, 1.54) is 53.4 Å². The molecular formula is C30H21Cl2F8NO2.